The quantitative estimate of drug-likeness (QED) is 0.638. The third kappa shape index (κ3) is 2.87. The Morgan fingerprint density at radius 1 is 1.29 bits per heavy atom. The van der Waals surface area contributed by atoms with Crippen molar-refractivity contribution in [3.05, 3.63) is 34.1 Å². The van der Waals surface area contributed by atoms with Crippen molar-refractivity contribution in [2.45, 2.75) is 19.5 Å². The second-order valence-corrected chi connectivity index (χ2v) is 3.39. The molecule has 0 aliphatic heterocycles. The van der Waals surface area contributed by atoms with Gasteiger partial charge in [-0.1, -0.05) is 11.6 Å². The summed E-state index contributed by atoms with van der Waals surface area (Å²) in [6.45, 7) is 1.44. The molecule has 0 aromatic heterocycles. The summed E-state index contributed by atoms with van der Waals surface area (Å²) >= 11 is 5.54. The molecule has 0 unspecified atom stereocenters. The second kappa shape index (κ2) is 3.77. The van der Waals surface area contributed by atoms with Crippen molar-refractivity contribution < 1.29 is 17.6 Å². The van der Waals surface area contributed by atoms with Gasteiger partial charge in [0.25, 0.3) is 0 Å². The number of hydrogen-bond acceptors (Lipinski definition) is 0. The first kappa shape index (κ1) is 11.3. The van der Waals surface area contributed by atoms with Gasteiger partial charge in [-0.3, -0.25) is 0 Å². The normalized spacial score (nSPS) is 11.9. The van der Waals surface area contributed by atoms with Crippen LogP contribution in [-0.2, 0) is 6.42 Å². The van der Waals surface area contributed by atoms with E-state index in [1.165, 1.54) is 13.0 Å². The van der Waals surface area contributed by atoms with Crippen molar-refractivity contribution in [2.75, 3.05) is 0 Å². The van der Waals surface area contributed by atoms with Gasteiger partial charge in [-0.25, -0.2) is 4.39 Å². The Bertz CT molecular complexity index is 343. The number of hydrogen-bond donors (Lipinski definition) is 0. The first-order chi connectivity index (χ1) is 6.29. The van der Waals surface area contributed by atoms with Gasteiger partial charge in [-0.2, -0.15) is 13.2 Å². The molecular formula is C9H7ClF4. The topological polar surface area (TPSA) is 0 Å². The third-order valence-electron chi connectivity index (χ3n) is 1.72. The van der Waals surface area contributed by atoms with Gasteiger partial charge in [0.1, 0.15) is 5.82 Å². The van der Waals surface area contributed by atoms with E-state index in [0.29, 0.717) is 0 Å². The highest BCUT2D eigenvalue weighted by Crippen LogP contribution is 2.27. The summed E-state index contributed by atoms with van der Waals surface area (Å²) in [7, 11) is 0. The molecule has 0 fully saturated rings. The smallest absolute Gasteiger partial charge is 0.207 e. The Balaban J connectivity index is 3.04. The van der Waals surface area contributed by atoms with E-state index in [4.69, 9.17) is 11.6 Å². The molecule has 0 saturated carbocycles. The van der Waals surface area contributed by atoms with E-state index in [-0.39, 0.29) is 16.1 Å². The summed E-state index contributed by atoms with van der Waals surface area (Å²) in [5.74, 6) is -0.673. The number of alkyl halides is 3. The van der Waals surface area contributed by atoms with Crippen LogP contribution in [-0.4, -0.2) is 6.18 Å². The highest BCUT2D eigenvalue weighted by atomic mass is 35.5. The first-order valence-electron chi connectivity index (χ1n) is 3.81. The van der Waals surface area contributed by atoms with Gasteiger partial charge < -0.3 is 0 Å². The Hall–Kier alpha value is -0.770. The van der Waals surface area contributed by atoms with Crippen LogP contribution < -0.4 is 0 Å². The molecule has 0 nitrogen and oxygen atoms in total. The molecule has 0 bridgehead atoms. The van der Waals surface area contributed by atoms with Crippen LogP contribution in [0.1, 0.15) is 11.1 Å². The molecule has 0 aliphatic rings. The molecule has 0 heterocycles. The second-order valence-electron chi connectivity index (χ2n) is 2.98. The Morgan fingerprint density at radius 2 is 1.86 bits per heavy atom. The maximum Gasteiger partial charge on any atom is 0.393 e. The average Bonchev–Trinajstić information content (AvgIpc) is 1.97. The molecule has 0 saturated heterocycles. The number of benzene rings is 1. The first-order valence-corrected chi connectivity index (χ1v) is 4.18. The molecule has 0 radical (unpaired) electrons. The van der Waals surface area contributed by atoms with Crippen molar-refractivity contribution in [1.29, 1.82) is 0 Å². The van der Waals surface area contributed by atoms with Gasteiger partial charge in [0.05, 0.1) is 6.42 Å². The average molecular weight is 227 g/mol. The fourth-order valence-electron chi connectivity index (χ4n) is 1.04. The Kier molecular flexibility index (Phi) is 3.04. The minimum Gasteiger partial charge on any atom is -0.207 e. The summed E-state index contributed by atoms with van der Waals surface area (Å²) in [5.41, 5.74) is 0.00295. The van der Waals surface area contributed by atoms with Crippen LogP contribution in [0.2, 0.25) is 5.02 Å². The van der Waals surface area contributed by atoms with Crippen LogP contribution in [0.4, 0.5) is 17.6 Å². The van der Waals surface area contributed by atoms with E-state index in [2.05, 4.69) is 0 Å². The number of aryl methyl sites for hydroxylation is 1. The maximum atomic E-state index is 12.9. The highest BCUT2D eigenvalue weighted by Gasteiger charge is 2.29. The SMILES string of the molecule is Cc1cc(Cl)c(CC(F)(F)F)cc1F. The molecule has 0 N–H and O–H groups in total. The van der Waals surface area contributed by atoms with E-state index in [1.54, 1.807) is 0 Å². The lowest BCUT2D eigenvalue weighted by Crippen LogP contribution is -2.12. The fourth-order valence-corrected chi connectivity index (χ4v) is 1.32. The van der Waals surface area contributed by atoms with Crippen molar-refractivity contribution in [1.82, 2.24) is 0 Å². The molecule has 78 valence electrons. The largest absolute Gasteiger partial charge is 0.393 e. The molecule has 1 aromatic rings. The van der Waals surface area contributed by atoms with Crippen molar-refractivity contribution in [3.63, 3.8) is 0 Å². The molecule has 0 atom stereocenters. The van der Waals surface area contributed by atoms with E-state index >= 15 is 0 Å². The highest BCUT2D eigenvalue weighted by molar-refractivity contribution is 6.31. The van der Waals surface area contributed by atoms with E-state index in [9.17, 15) is 17.6 Å². The lowest BCUT2D eigenvalue weighted by atomic mass is 10.1. The van der Waals surface area contributed by atoms with Crippen molar-refractivity contribution in [2.24, 2.45) is 0 Å². The van der Waals surface area contributed by atoms with Gasteiger partial charge in [-0.05, 0) is 30.2 Å². The maximum absolute atomic E-state index is 12.9. The summed E-state index contributed by atoms with van der Waals surface area (Å²) in [6, 6.07) is 2.02. The summed E-state index contributed by atoms with van der Waals surface area (Å²) < 4.78 is 48.8. The molecule has 1 rings (SSSR count). The predicted octanol–water partition coefficient (Wildman–Crippen LogP) is 3.89. The predicted molar refractivity (Wildman–Crippen MR) is 45.9 cm³/mol. The lowest BCUT2D eigenvalue weighted by molar-refractivity contribution is -0.127. The van der Waals surface area contributed by atoms with Crippen LogP contribution >= 0.6 is 11.6 Å². The van der Waals surface area contributed by atoms with Crippen LogP contribution in [0.15, 0.2) is 12.1 Å². The van der Waals surface area contributed by atoms with Gasteiger partial charge in [0.2, 0.25) is 0 Å². The zero-order chi connectivity index (χ0) is 10.9. The van der Waals surface area contributed by atoms with Crippen LogP contribution in [0, 0.1) is 12.7 Å². The minimum atomic E-state index is -4.37. The summed E-state index contributed by atoms with van der Waals surface area (Å²) in [6.07, 6.45) is -5.58. The summed E-state index contributed by atoms with van der Waals surface area (Å²) in [5, 5.41) is -0.0544. The zero-order valence-corrected chi connectivity index (χ0v) is 8.01. The number of rotatable bonds is 1. The van der Waals surface area contributed by atoms with Crippen molar-refractivity contribution in [3.8, 4) is 0 Å². The molecule has 14 heavy (non-hydrogen) atoms. The standard InChI is InChI=1S/C9H7ClF4/c1-5-2-7(10)6(3-8(5)11)4-9(12,13)14/h2-3H,4H2,1H3. The lowest BCUT2D eigenvalue weighted by Gasteiger charge is -2.09. The van der Waals surface area contributed by atoms with Crippen LogP contribution in [0.3, 0.4) is 0 Å². The summed E-state index contributed by atoms with van der Waals surface area (Å²) in [4.78, 5) is 0. The third-order valence-corrected chi connectivity index (χ3v) is 2.07. The van der Waals surface area contributed by atoms with Gasteiger partial charge >= 0.3 is 6.18 Å². The Labute approximate surface area is 83.5 Å². The monoisotopic (exact) mass is 226 g/mol. The van der Waals surface area contributed by atoms with E-state index < -0.39 is 18.4 Å². The molecule has 0 aliphatic carbocycles. The van der Waals surface area contributed by atoms with Gasteiger partial charge in [0.15, 0.2) is 0 Å². The van der Waals surface area contributed by atoms with Gasteiger partial charge in [-0.15, -0.1) is 0 Å². The molecule has 5 heteroatoms. The van der Waals surface area contributed by atoms with E-state index in [1.807, 2.05) is 0 Å². The Morgan fingerprint density at radius 3 is 2.36 bits per heavy atom. The van der Waals surface area contributed by atoms with Crippen molar-refractivity contribution >= 4 is 11.6 Å². The number of halogens is 5. The molecular weight excluding hydrogens is 220 g/mol. The molecule has 0 amide bonds. The van der Waals surface area contributed by atoms with Crippen LogP contribution in [0.5, 0.6) is 0 Å². The van der Waals surface area contributed by atoms with Crippen LogP contribution in [0.25, 0.3) is 0 Å². The van der Waals surface area contributed by atoms with E-state index in [0.717, 1.165) is 6.07 Å². The minimum absolute atomic E-state index is 0.0544. The molecule has 0 spiro atoms. The fraction of sp³-hybridized carbons (Fsp3) is 0.333. The zero-order valence-electron chi connectivity index (χ0n) is 7.25. The molecule has 1 aromatic carbocycles. The van der Waals surface area contributed by atoms with Gasteiger partial charge in [0, 0.05) is 5.02 Å².